The summed E-state index contributed by atoms with van der Waals surface area (Å²) < 4.78 is 4.30. The van der Waals surface area contributed by atoms with Gasteiger partial charge in [0.15, 0.2) is 5.82 Å². The van der Waals surface area contributed by atoms with Crippen LogP contribution in [0, 0.1) is 0 Å². The SMILES string of the molecule is CC(=O)C(C(C)=O)c1nonc1N. The third-order valence-corrected chi connectivity index (χ3v) is 1.63. The van der Waals surface area contributed by atoms with E-state index < -0.39 is 5.92 Å². The van der Waals surface area contributed by atoms with Crippen LogP contribution in [0.5, 0.6) is 0 Å². The average Bonchev–Trinajstić information content (AvgIpc) is 2.35. The molecule has 0 saturated heterocycles. The molecule has 6 nitrogen and oxygen atoms in total. The van der Waals surface area contributed by atoms with Crippen LogP contribution in [0.3, 0.4) is 0 Å². The number of Topliss-reactive ketones (excluding diaryl/α,β-unsaturated/α-hetero) is 2. The van der Waals surface area contributed by atoms with Crippen LogP contribution in [-0.4, -0.2) is 21.9 Å². The summed E-state index contributed by atoms with van der Waals surface area (Å²) in [5.74, 6) is -1.62. The van der Waals surface area contributed by atoms with Gasteiger partial charge in [0.25, 0.3) is 0 Å². The van der Waals surface area contributed by atoms with Crippen LogP contribution in [-0.2, 0) is 9.59 Å². The minimum Gasteiger partial charge on any atom is -0.379 e. The molecule has 1 heterocycles. The highest BCUT2D eigenvalue weighted by Crippen LogP contribution is 2.20. The van der Waals surface area contributed by atoms with E-state index in [1.807, 2.05) is 0 Å². The monoisotopic (exact) mass is 183 g/mol. The molecule has 0 aliphatic carbocycles. The van der Waals surface area contributed by atoms with Crippen molar-refractivity contribution in [2.75, 3.05) is 5.73 Å². The lowest BCUT2D eigenvalue weighted by atomic mass is 9.97. The van der Waals surface area contributed by atoms with Gasteiger partial charge >= 0.3 is 0 Å². The normalized spacial score (nSPS) is 10.4. The highest BCUT2D eigenvalue weighted by molar-refractivity contribution is 6.05. The van der Waals surface area contributed by atoms with Gasteiger partial charge in [0.1, 0.15) is 23.2 Å². The average molecular weight is 183 g/mol. The second kappa shape index (κ2) is 3.34. The van der Waals surface area contributed by atoms with E-state index in [2.05, 4.69) is 14.9 Å². The van der Waals surface area contributed by atoms with Crippen LogP contribution >= 0.6 is 0 Å². The van der Waals surface area contributed by atoms with E-state index in [-0.39, 0.29) is 23.1 Å². The van der Waals surface area contributed by atoms with Crippen LogP contribution in [0.25, 0.3) is 0 Å². The number of carbonyl (C=O) groups is 2. The fourth-order valence-corrected chi connectivity index (χ4v) is 1.07. The first-order valence-electron chi connectivity index (χ1n) is 3.63. The molecule has 0 radical (unpaired) electrons. The molecule has 1 aromatic heterocycles. The zero-order valence-corrected chi connectivity index (χ0v) is 7.27. The molecular formula is C7H9N3O3. The quantitative estimate of drug-likeness (QED) is 0.657. The molecule has 1 rings (SSSR count). The van der Waals surface area contributed by atoms with Crippen LogP contribution in [0.15, 0.2) is 4.63 Å². The van der Waals surface area contributed by atoms with Crippen LogP contribution < -0.4 is 5.73 Å². The molecule has 0 atom stereocenters. The summed E-state index contributed by atoms with van der Waals surface area (Å²) in [6.07, 6.45) is 0. The van der Waals surface area contributed by atoms with Crippen molar-refractivity contribution < 1.29 is 14.2 Å². The fourth-order valence-electron chi connectivity index (χ4n) is 1.07. The molecule has 0 amide bonds. The number of ketones is 2. The molecule has 0 unspecified atom stereocenters. The molecule has 0 spiro atoms. The van der Waals surface area contributed by atoms with Gasteiger partial charge in [-0.15, -0.1) is 0 Å². The topological polar surface area (TPSA) is 99.1 Å². The number of carbonyl (C=O) groups excluding carboxylic acids is 2. The Balaban J connectivity index is 3.09. The van der Waals surface area contributed by atoms with E-state index in [1.54, 1.807) is 0 Å². The second-order valence-corrected chi connectivity index (χ2v) is 2.69. The van der Waals surface area contributed by atoms with Crippen molar-refractivity contribution in [2.45, 2.75) is 19.8 Å². The van der Waals surface area contributed by atoms with E-state index in [9.17, 15) is 9.59 Å². The molecule has 6 heteroatoms. The van der Waals surface area contributed by atoms with E-state index in [0.29, 0.717) is 0 Å². The van der Waals surface area contributed by atoms with Gasteiger partial charge in [0.2, 0.25) is 0 Å². The summed E-state index contributed by atoms with van der Waals surface area (Å²) >= 11 is 0. The van der Waals surface area contributed by atoms with E-state index >= 15 is 0 Å². The summed E-state index contributed by atoms with van der Waals surface area (Å²) in [5, 5.41) is 6.70. The number of hydrogen-bond acceptors (Lipinski definition) is 6. The summed E-state index contributed by atoms with van der Waals surface area (Å²) in [6, 6.07) is 0. The maximum Gasteiger partial charge on any atom is 0.192 e. The molecule has 0 bridgehead atoms. The largest absolute Gasteiger partial charge is 0.379 e. The first kappa shape index (κ1) is 9.37. The Labute approximate surface area is 74.1 Å². The predicted molar refractivity (Wildman–Crippen MR) is 42.8 cm³/mol. The lowest BCUT2D eigenvalue weighted by Gasteiger charge is -2.04. The minimum absolute atomic E-state index is 0.0181. The Bertz CT molecular complexity index is 331. The van der Waals surface area contributed by atoms with Gasteiger partial charge in [0, 0.05) is 0 Å². The van der Waals surface area contributed by atoms with Crippen molar-refractivity contribution in [1.29, 1.82) is 0 Å². The summed E-state index contributed by atoms with van der Waals surface area (Å²) in [6.45, 7) is 2.58. The Kier molecular flexibility index (Phi) is 2.41. The molecular weight excluding hydrogens is 174 g/mol. The first-order valence-corrected chi connectivity index (χ1v) is 3.63. The number of nitrogens with two attached hydrogens (primary N) is 1. The lowest BCUT2D eigenvalue weighted by molar-refractivity contribution is -0.127. The lowest BCUT2D eigenvalue weighted by Crippen LogP contribution is -2.18. The van der Waals surface area contributed by atoms with Crippen molar-refractivity contribution in [3.8, 4) is 0 Å². The highest BCUT2D eigenvalue weighted by atomic mass is 16.6. The molecule has 1 aromatic rings. The molecule has 0 aliphatic heterocycles. The molecule has 0 saturated carbocycles. The van der Waals surface area contributed by atoms with E-state index in [1.165, 1.54) is 13.8 Å². The van der Waals surface area contributed by atoms with Gasteiger partial charge in [0.05, 0.1) is 0 Å². The molecule has 13 heavy (non-hydrogen) atoms. The van der Waals surface area contributed by atoms with E-state index in [0.717, 1.165) is 0 Å². The molecule has 70 valence electrons. The Morgan fingerprint density at radius 3 is 2.15 bits per heavy atom. The number of rotatable bonds is 3. The van der Waals surface area contributed by atoms with Crippen molar-refractivity contribution in [1.82, 2.24) is 10.3 Å². The van der Waals surface area contributed by atoms with Gasteiger partial charge in [-0.1, -0.05) is 5.16 Å². The number of hydrogen-bond donors (Lipinski definition) is 1. The number of anilines is 1. The number of aromatic nitrogens is 2. The number of nitrogens with zero attached hydrogens (tertiary/aromatic N) is 2. The van der Waals surface area contributed by atoms with Crippen LogP contribution in [0.4, 0.5) is 5.82 Å². The van der Waals surface area contributed by atoms with Crippen molar-refractivity contribution in [2.24, 2.45) is 0 Å². The third-order valence-electron chi connectivity index (χ3n) is 1.63. The van der Waals surface area contributed by atoms with Gasteiger partial charge < -0.3 is 5.73 Å². The smallest absolute Gasteiger partial charge is 0.192 e. The zero-order chi connectivity index (χ0) is 10.0. The van der Waals surface area contributed by atoms with Gasteiger partial charge in [-0.3, -0.25) is 9.59 Å². The minimum atomic E-state index is -0.953. The highest BCUT2D eigenvalue weighted by Gasteiger charge is 2.27. The van der Waals surface area contributed by atoms with Crippen LogP contribution in [0.2, 0.25) is 0 Å². The molecule has 0 fully saturated rings. The van der Waals surface area contributed by atoms with Crippen molar-refractivity contribution >= 4 is 17.4 Å². The maximum atomic E-state index is 11.1. The zero-order valence-electron chi connectivity index (χ0n) is 7.27. The van der Waals surface area contributed by atoms with Gasteiger partial charge in [-0.25, -0.2) is 4.63 Å². The predicted octanol–water partition coefficient (Wildman–Crippen LogP) is -0.0866. The first-order chi connectivity index (χ1) is 6.04. The Morgan fingerprint density at radius 2 is 1.85 bits per heavy atom. The summed E-state index contributed by atoms with van der Waals surface area (Å²) in [4.78, 5) is 22.1. The van der Waals surface area contributed by atoms with Crippen molar-refractivity contribution in [3.05, 3.63) is 5.69 Å². The van der Waals surface area contributed by atoms with Gasteiger partial charge in [-0.05, 0) is 19.0 Å². The second-order valence-electron chi connectivity index (χ2n) is 2.69. The Hall–Kier alpha value is -1.72. The Morgan fingerprint density at radius 1 is 1.31 bits per heavy atom. The summed E-state index contributed by atoms with van der Waals surface area (Å²) in [7, 11) is 0. The van der Waals surface area contributed by atoms with Crippen molar-refractivity contribution in [3.63, 3.8) is 0 Å². The standard InChI is InChI=1S/C7H9N3O3/c1-3(11)5(4(2)12)6-7(8)10-13-9-6/h5H,1-2H3,(H2,8,10). The number of nitrogen functional groups attached to an aromatic ring is 1. The molecule has 0 aromatic carbocycles. The molecule has 0 aliphatic rings. The van der Waals surface area contributed by atoms with Crippen LogP contribution in [0.1, 0.15) is 25.5 Å². The maximum absolute atomic E-state index is 11.1. The third kappa shape index (κ3) is 1.71. The summed E-state index contributed by atoms with van der Waals surface area (Å²) in [5.41, 5.74) is 5.44. The molecule has 2 N–H and O–H groups in total. The van der Waals surface area contributed by atoms with Gasteiger partial charge in [-0.2, -0.15) is 0 Å². The van der Waals surface area contributed by atoms with E-state index in [4.69, 9.17) is 5.73 Å². The fraction of sp³-hybridized carbons (Fsp3) is 0.429.